The number of hydrogen-bond donors (Lipinski definition) is 1. The highest BCUT2D eigenvalue weighted by atomic mass is 16.5. The van der Waals surface area contributed by atoms with Gasteiger partial charge in [-0.2, -0.15) is 5.26 Å². The van der Waals surface area contributed by atoms with E-state index in [0.717, 1.165) is 0 Å². The summed E-state index contributed by atoms with van der Waals surface area (Å²) in [4.78, 5) is 11.8. The molecule has 0 spiro atoms. The Bertz CT molecular complexity index is 686. The van der Waals surface area contributed by atoms with Crippen molar-refractivity contribution in [3.63, 3.8) is 0 Å². The summed E-state index contributed by atoms with van der Waals surface area (Å²) in [6.07, 6.45) is 0. The summed E-state index contributed by atoms with van der Waals surface area (Å²) in [6.45, 7) is 1.93. The number of aromatic hydroxyl groups is 1. The van der Waals surface area contributed by atoms with Crippen LogP contribution in [0.5, 0.6) is 5.75 Å². The lowest BCUT2D eigenvalue weighted by Gasteiger charge is -2.10. The molecule has 0 unspecified atom stereocenters. The van der Waals surface area contributed by atoms with Crippen molar-refractivity contribution in [1.82, 2.24) is 0 Å². The Labute approximate surface area is 116 Å². The molecular weight excluding hydrogens is 254 g/mol. The highest BCUT2D eigenvalue weighted by Gasteiger charge is 2.17. The summed E-state index contributed by atoms with van der Waals surface area (Å²) < 4.78 is 4.89. The van der Waals surface area contributed by atoms with Crippen LogP contribution in [-0.4, -0.2) is 17.7 Å². The van der Waals surface area contributed by atoms with Crippen LogP contribution in [0.2, 0.25) is 0 Å². The van der Waals surface area contributed by atoms with E-state index >= 15 is 0 Å². The number of benzene rings is 2. The molecule has 0 radical (unpaired) electrons. The van der Waals surface area contributed by atoms with Gasteiger partial charge in [-0.3, -0.25) is 0 Å². The Kier molecular flexibility index (Phi) is 4.02. The number of para-hydroxylation sites is 1. The number of phenols is 1. The Morgan fingerprint density at radius 3 is 2.60 bits per heavy atom. The minimum Gasteiger partial charge on any atom is -0.506 e. The summed E-state index contributed by atoms with van der Waals surface area (Å²) >= 11 is 0. The molecule has 20 heavy (non-hydrogen) atoms. The van der Waals surface area contributed by atoms with Gasteiger partial charge in [-0.15, -0.1) is 0 Å². The van der Waals surface area contributed by atoms with E-state index < -0.39 is 5.97 Å². The van der Waals surface area contributed by atoms with Gasteiger partial charge in [0.05, 0.1) is 18.2 Å². The first-order chi connectivity index (χ1) is 9.69. The third kappa shape index (κ3) is 2.47. The lowest BCUT2D eigenvalue weighted by Crippen LogP contribution is -2.05. The van der Waals surface area contributed by atoms with Gasteiger partial charge in [0.1, 0.15) is 11.3 Å². The second-order valence-corrected chi connectivity index (χ2v) is 4.08. The largest absolute Gasteiger partial charge is 0.506 e. The fraction of sp³-hybridized carbons (Fsp3) is 0.125. The predicted molar refractivity (Wildman–Crippen MR) is 74.2 cm³/mol. The van der Waals surface area contributed by atoms with Gasteiger partial charge in [0.15, 0.2) is 0 Å². The van der Waals surface area contributed by atoms with E-state index in [4.69, 9.17) is 10.00 Å². The van der Waals surface area contributed by atoms with Crippen molar-refractivity contribution < 1.29 is 14.6 Å². The van der Waals surface area contributed by atoms with Gasteiger partial charge in [-0.1, -0.05) is 30.3 Å². The zero-order valence-electron chi connectivity index (χ0n) is 11.0. The number of phenolic OH excluding ortho intramolecular Hbond substituents is 1. The van der Waals surface area contributed by atoms with Gasteiger partial charge >= 0.3 is 5.97 Å². The highest BCUT2D eigenvalue weighted by Crippen LogP contribution is 2.34. The Balaban J connectivity index is 2.57. The number of nitrogens with zero attached hydrogens (tertiary/aromatic N) is 1. The van der Waals surface area contributed by atoms with Crippen molar-refractivity contribution in [3.8, 4) is 22.9 Å². The van der Waals surface area contributed by atoms with Crippen molar-refractivity contribution in [2.75, 3.05) is 6.61 Å². The summed E-state index contributed by atoms with van der Waals surface area (Å²) in [5.74, 6) is -0.755. The second-order valence-electron chi connectivity index (χ2n) is 4.08. The number of rotatable bonds is 3. The third-order valence-corrected chi connectivity index (χ3v) is 2.87. The first-order valence-electron chi connectivity index (χ1n) is 6.17. The van der Waals surface area contributed by atoms with Crippen molar-refractivity contribution in [1.29, 1.82) is 5.26 Å². The Morgan fingerprint density at radius 1 is 1.20 bits per heavy atom. The molecular formula is C16H13NO3. The topological polar surface area (TPSA) is 70.3 Å². The maximum absolute atomic E-state index is 11.8. The summed E-state index contributed by atoms with van der Waals surface area (Å²) in [7, 11) is 0. The van der Waals surface area contributed by atoms with Crippen molar-refractivity contribution in [2.24, 2.45) is 0 Å². The van der Waals surface area contributed by atoms with E-state index in [2.05, 4.69) is 6.07 Å². The molecule has 100 valence electrons. The maximum Gasteiger partial charge on any atom is 0.341 e. The number of nitriles is 1. The highest BCUT2D eigenvalue weighted by molar-refractivity contribution is 5.95. The Hall–Kier alpha value is -2.80. The van der Waals surface area contributed by atoms with Crippen LogP contribution in [0.15, 0.2) is 42.5 Å². The molecule has 0 saturated heterocycles. The molecule has 4 nitrogen and oxygen atoms in total. The molecule has 2 aromatic carbocycles. The zero-order chi connectivity index (χ0) is 14.5. The molecule has 0 aliphatic rings. The molecule has 0 amide bonds. The van der Waals surface area contributed by atoms with Crippen LogP contribution in [0.25, 0.3) is 11.1 Å². The maximum atomic E-state index is 11.8. The predicted octanol–water partition coefficient (Wildman–Crippen LogP) is 3.11. The van der Waals surface area contributed by atoms with Gasteiger partial charge < -0.3 is 9.84 Å². The summed E-state index contributed by atoms with van der Waals surface area (Å²) in [5.41, 5.74) is 1.55. The molecule has 1 N–H and O–H groups in total. The summed E-state index contributed by atoms with van der Waals surface area (Å²) in [6, 6.07) is 13.8. The van der Waals surface area contributed by atoms with E-state index in [0.29, 0.717) is 16.7 Å². The van der Waals surface area contributed by atoms with Crippen LogP contribution in [0.1, 0.15) is 22.8 Å². The minimum absolute atomic E-state index is 0.0945. The van der Waals surface area contributed by atoms with E-state index in [1.54, 1.807) is 43.3 Å². The van der Waals surface area contributed by atoms with Crippen LogP contribution in [0, 0.1) is 11.3 Å². The molecule has 0 atom stereocenters. The van der Waals surface area contributed by atoms with Crippen molar-refractivity contribution in [2.45, 2.75) is 6.92 Å². The molecule has 0 heterocycles. The lowest BCUT2D eigenvalue weighted by molar-refractivity contribution is 0.0523. The van der Waals surface area contributed by atoms with E-state index in [-0.39, 0.29) is 17.9 Å². The normalized spacial score (nSPS) is 9.80. The van der Waals surface area contributed by atoms with E-state index in [1.165, 1.54) is 6.07 Å². The molecule has 4 heteroatoms. The minimum atomic E-state index is -0.582. The SMILES string of the molecule is CCOC(=O)c1cccc(-c2ccccc2C#N)c1O. The third-order valence-electron chi connectivity index (χ3n) is 2.87. The Morgan fingerprint density at radius 2 is 1.90 bits per heavy atom. The quantitative estimate of drug-likeness (QED) is 0.867. The average Bonchev–Trinajstić information content (AvgIpc) is 2.47. The number of carbonyl (C=O) groups is 1. The first-order valence-corrected chi connectivity index (χ1v) is 6.17. The first kappa shape index (κ1) is 13.6. The smallest absolute Gasteiger partial charge is 0.341 e. The van der Waals surface area contributed by atoms with Gasteiger partial charge in [0, 0.05) is 11.1 Å². The monoisotopic (exact) mass is 267 g/mol. The van der Waals surface area contributed by atoms with Crippen molar-refractivity contribution in [3.05, 3.63) is 53.6 Å². The standard InChI is InChI=1S/C16H13NO3/c1-2-20-16(19)14-9-5-8-13(15(14)18)12-7-4-3-6-11(12)10-17/h3-9,18H,2H2,1H3. The van der Waals surface area contributed by atoms with Crippen LogP contribution in [0.3, 0.4) is 0 Å². The molecule has 0 fully saturated rings. The van der Waals surface area contributed by atoms with Crippen LogP contribution >= 0.6 is 0 Å². The fourth-order valence-corrected chi connectivity index (χ4v) is 1.95. The van der Waals surface area contributed by atoms with Crippen LogP contribution in [0.4, 0.5) is 0 Å². The fourth-order valence-electron chi connectivity index (χ4n) is 1.95. The molecule has 0 aliphatic carbocycles. The number of ether oxygens (including phenoxy) is 1. The van der Waals surface area contributed by atoms with Crippen LogP contribution < -0.4 is 0 Å². The molecule has 0 bridgehead atoms. The second kappa shape index (κ2) is 5.89. The van der Waals surface area contributed by atoms with Gasteiger partial charge in [0.2, 0.25) is 0 Å². The number of hydrogen-bond acceptors (Lipinski definition) is 4. The molecule has 2 aromatic rings. The van der Waals surface area contributed by atoms with Crippen LogP contribution in [-0.2, 0) is 4.74 Å². The number of esters is 1. The van der Waals surface area contributed by atoms with Gasteiger partial charge in [-0.05, 0) is 19.1 Å². The van der Waals surface area contributed by atoms with E-state index in [9.17, 15) is 9.90 Å². The number of carbonyl (C=O) groups excluding carboxylic acids is 1. The van der Waals surface area contributed by atoms with Gasteiger partial charge in [-0.25, -0.2) is 4.79 Å². The van der Waals surface area contributed by atoms with Gasteiger partial charge in [0.25, 0.3) is 0 Å². The zero-order valence-corrected chi connectivity index (χ0v) is 11.0. The molecule has 0 aromatic heterocycles. The molecule has 2 rings (SSSR count). The van der Waals surface area contributed by atoms with Crippen molar-refractivity contribution >= 4 is 5.97 Å². The summed E-state index contributed by atoms with van der Waals surface area (Å²) in [5, 5.41) is 19.4. The molecule has 0 aliphatic heterocycles. The average molecular weight is 267 g/mol. The van der Waals surface area contributed by atoms with E-state index in [1.807, 2.05) is 0 Å². The lowest BCUT2D eigenvalue weighted by atomic mass is 9.97. The molecule has 0 saturated carbocycles.